The van der Waals surface area contributed by atoms with Crippen LogP contribution in [0.1, 0.15) is 37.7 Å². The van der Waals surface area contributed by atoms with E-state index < -0.39 is 5.92 Å². The first-order valence-electron chi connectivity index (χ1n) is 6.98. The SMILES string of the molecule is NNC(CCc1ccccc1)C1CCC(F)(F)CC1. The first-order chi connectivity index (χ1) is 9.11. The molecule has 2 nitrogen and oxygen atoms in total. The van der Waals surface area contributed by atoms with Gasteiger partial charge in [0.15, 0.2) is 0 Å². The molecule has 0 bridgehead atoms. The van der Waals surface area contributed by atoms with E-state index in [2.05, 4.69) is 17.6 Å². The molecule has 106 valence electrons. The first-order valence-corrected chi connectivity index (χ1v) is 6.98. The van der Waals surface area contributed by atoms with Crippen LogP contribution in [0.3, 0.4) is 0 Å². The summed E-state index contributed by atoms with van der Waals surface area (Å²) in [6.45, 7) is 0. The van der Waals surface area contributed by atoms with E-state index in [0.717, 1.165) is 12.8 Å². The molecule has 0 radical (unpaired) electrons. The summed E-state index contributed by atoms with van der Waals surface area (Å²) in [5, 5.41) is 0. The van der Waals surface area contributed by atoms with Crippen LogP contribution in [0.4, 0.5) is 8.78 Å². The molecule has 1 aliphatic rings. The standard InChI is InChI=1S/C15H22F2N2/c16-15(17)10-8-13(9-11-15)14(19-18)7-6-12-4-2-1-3-5-12/h1-5,13-14,19H,6-11,18H2. The molecule has 1 unspecified atom stereocenters. The Morgan fingerprint density at radius 3 is 2.42 bits per heavy atom. The number of aryl methyl sites for hydroxylation is 1. The third-order valence-electron chi connectivity index (χ3n) is 4.13. The number of nitrogens with one attached hydrogen (secondary N) is 1. The Kier molecular flexibility index (Phi) is 4.88. The molecule has 0 aromatic heterocycles. The van der Waals surface area contributed by atoms with Gasteiger partial charge in [-0.3, -0.25) is 11.3 Å². The molecule has 1 aromatic carbocycles. The predicted octanol–water partition coefficient (Wildman–Crippen LogP) is 3.28. The van der Waals surface area contributed by atoms with Crippen LogP contribution >= 0.6 is 0 Å². The van der Waals surface area contributed by atoms with Gasteiger partial charge in [0.05, 0.1) is 0 Å². The summed E-state index contributed by atoms with van der Waals surface area (Å²) in [5.74, 6) is 3.41. The Hall–Kier alpha value is -1.00. The van der Waals surface area contributed by atoms with Gasteiger partial charge >= 0.3 is 0 Å². The number of benzene rings is 1. The van der Waals surface area contributed by atoms with Gasteiger partial charge in [0.25, 0.3) is 0 Å². The van der Waals surface area contributed by atoms with Crippen LogP contribution in [0.25, 0.3) is 0 Å². The lowest BCUT2D eigenvalue weighted by atomic mass is 9.80. The zero-order valence-corrected chi connectivity index (χ0v) is 11.1. The third kappa shape index (κ3) is 4.25. The van der Waals surface area contributed by atoms with Gasteiger partial charge in [-0.2, -0.15) is 0 Å². The zero-order valence-electron chi connectivity index (χ0n) is 11.1. The average Bonchev–Trinajstić information content (AvgIpc) is 2.42. The molecule has 1 aliphatic carbocycles. The second-order valence-corrected chi connectivity index (χ2v) is 5.49. The van der Waals surface area contributed by atoms with Crippen molar-refractivity contribution >= 4 is 0 Å². The fourth-order valence-corrected chi connectivity index (χ4v) is 2.89. The maximum absolute atomic E-state index is 13.1. The van der Waals surface area contributed by atoms with Crippen LogP contribution in [0.15, 0.2) is 30.3 Å². The molecule has 0 aliphatic heterocycles. The smallest absolute Gasteiger partial charge is 0.248 e. The van der Waals surface area contributed by atoms with Gasteiger partial charge in [-0.05, 0) is 37.2 Å². The summed E-state index contributed by atoms with van der Waals surface area (Å²) in [4.78, 5) is 0. The fraction of sp³-hybridized carbons (Fsp3) is 0.600. The molecular weight excluding hydrogens is 246 g/mol. The van der Waals surface area contributed by atoms with Crippen molar-refractivity contribution in [3.05, 3.63) is 35.9 Å². The van der Waals surface area contributed by atoms with Crippen LogP contribution < -0.4 is 11.3 Å². The van der Waals surface area contributed by atoms with Crippen molar-refractivity contribution in [2.75, 3.05) is 0 Å². The van der Waals surface area contributed by atoms with Gasteiger partial charge in [0.1, 0.15) is 0 Å². The van der Waals surface area contributed by atoms with Crippen LogP contribution in [-0.2, 0) is 6.42 Å². The summed E-state index contributed by atoms with van der Waals surface area (Å²) in [6, 6.07) is 10.3. The number of nitrogens with two attached hydrogens (primary N) is 1. The van der Waals surface area contributed by atoms with Gasteiger partial charge in [-0.15, -0.1) is 0 Å². The lowest BCUT2D eigenvalue weighted by molar-refractivity contribution is -0.0498. The van der Waals surface area contributed by atoms with Crippen LogP contribution in [-0.4, -0.2) is 12.0 Å². The summed E-state index contributed by atoms with van der Waals surface area (Å²) in [6.07, 6.45) is 2.97. The highest BCUT2D eigenvalue weighted by molar-refractivity contribution is 5.14. The Morgan fingerprint density at radius 2 is 1.84 bits per heavy atom. The molecule has 2 rings (SSSR count). The molecule has 0 spiro atoms. The van der Waals surface area contributed by atoms with E-state index >= 15 is 0 Å². The molecule has 4 heteroatoms. The number of hydrogen-bond donors (Lipinski definition) is 2. The number of hydrogen-bond acceptors (Lipinski definition) is 2. The quantitative estimate of drug-likeness (QED) is 0.635. The monoisotopic (exact) mass is 268 g/mol. The minimum atomic E-state index is -2.46. The van der Waals surface area contributed by atoms with E-state index in [4.69, 9.17) is 5.84 Å². The summed E-state index contributed by atoms with van der Waals surface area (Å²) < 4.78 is 26.3. The van der Waals surface area contributed by atoms with Crippen molar-refractivity contribution in [1.82, 2.24) is 5.43 Å². The molecule has 1 saturated carbocycles. The van der Waals surface area contributed by atoms with Crippen molar-refractivity contribution in [1.29, 1.82) is 0 Å². The zero-order chi connectivity index (χ0) is 13.7. The van der Waals surface area contributed by atoms with E-state index in [0.29, 0.717) is 12.8 Å². The topological polar surface area (TPSA) is 38.0 Å². The van der Waals surface area contributed by atoms with Crippen molar-refractivity contribution in [3.8, 4) is 0 Å². The fourth-order valence-electron chi connectivity index (χ4n) is 2.89. The lowest BCUT2D eigenvalue weighted by Gasteiger charge is -2.33. The number of rotatable bonds is 5. The first kappa shape index (κ1) is 14.4. The largest absolute Gasteiger partial charge is 0.271 e. The maximum Gasteiger partial charge on any atom is 0.248 e. The Morgan fingerprint density at radius 1 is 1.21 bits per heavy atom. The van der Waals surface area contributed by atoms with E-state index in [-0.39, 0.29) is 24.8 Å². The minimum Gasteiger partial charge on any atom is -0.271 e. The second kappa shape index (κ2) is 6.44. The summed E-state index contributed by atoms with van der Waals surface area (Å²) in [7, 11) is 0. The van der Waals surface area contributed by atoms with Gasteiger partial charge < -0.3 is 0 Å². The van der Waals surface area contributed by atoms with Gasteiger partial charge in [0, 0.05) is 18.9 Å². The molecule has 1 fully saturated rings. The molecule has 0 heterocycles. The highest BCUT2D eigenvalue weighted by Gasteiger charge is 2.37. The predicted molar refractivity (Wildman–Crippen MR) is 72.8 cm³/mol. The van der Waals surface area contributed by atoms with Crippen LogP contribution in [0, 0.1) is 5.92 Å². The molecule has 0 saturated heterocycles. The molecule has 0 amide bonds. The van der Waals surface area contributed by atoms with Crippen molar-refractivity contribution in [2.24, 2.45) is 11.8 Å². The van der Waals surface area contributed by atoms with Gasteiger partial charge in [-0.1, -0.05) is 30.3 Å². The Labute approximate surface area is 113 Å². The molecule has 19 heavy (non-hydrogen) atoms. The highest BCUT2D eigenvalue weighted by atomic mass is 19.3. The highest BCUT2D eigenvalue weighted by Crippen LogP contribution is 2.38. The van der Waals surface area contributed by atoms with E-state index in [1.54, 1.807) is 0 Å². The molecule has 1 atom stereocenters. The average molecular weight is 268 g/mol. The lowest BCUT2D eigenvalue weighted by Crippen LogP contribution is -2.43. The summed E-state index contributed by atoms with van der Waals surface area (Å²) in [5.41, 5.74) is 4.09. The second-order valence-electron chi connectivity index (χ2n) is 5.49. The van der Waals surface area contributed by atoms with Crippen LogP contribution in [0.2, 0.25) is 0 Å². The maximum atomic E-state index is 13.1. The molecular formula is C15H22F2N2. The van der Waals surface area contributed by atoms with E-state index in [1.807, 2.05) is 18.2 Å². The van der Waals surface area contributed by atoms with E-state index in [1.165, 1.54) is 5.56 Å². The third-order valence-corrected chi connectivity index (χ3v) is 4.13. The molecule has 3 N–H and O–H groups in total. The van der Waals surface area contributed by atoms with Gasteiger partial charge in [-0.25, -0.2) is 8.78 Å². The van der Waals surface area contributed by atoms with Gasteiger partial charge in [0.2, 0.25) is 5.92 Å². The van der Waals surface area contributed by atoms with E-state index in [9.17, 15) is 8.78 Å². The number of alkyl halides is 2. The van der Waals surface area contributed by atoms with Crippen molar-refractivity contribution < 1.29 is 8.78 Å². The number of halogens is 2. The van der Waals surface area contributed by atoms with Crippen LogP contribution in [0.5, 0.6) is 0 Å². The summed E-state index contributed by atoms with van der Waals surface area (Å²) >= 11 is 0. The van der Waals surface area contributed by atoms with Crippen molar-refractivity contribution in [3.63, 3.8) is 0 Å². The normalized spacial score (nSPS) is 21.2. The molecule has 1 aromatic rings. The van der Waals surface area contributed by atoms with Crippen molar-refractivity contribution in [2.45, 2.75) is 50.5 Å². The minimum absolute atomic E-state index is 0.00117. The Bertz CT molecular complexity index is 371. The Balaban J connectivity index is 1.84. The number of hydrazine groups is 1.